The zero-order valence-corrected chi connectivity index (χ0v) is 13.1. The highest BCUT2D eigenvalue weighted by Gasteiger charge is 2.16. The van der Waals surface area contributed by atoms with Gasteiger partial charge in [-0.05, 0) is 51.8 Å². The number of aromatic nitrogens is 2. The van der Waals surface area contributed by atoms with E-state index in [0.717, 1.165) is 12.0 Å². The molecule has 0 aliphatic carbocycles. The Balaban J connectivity index is 1.96. The van der Waals surface area contributed by atoms with Gasteiger partial charge in [0.25, 0.3) is 5.91 Å². The fourth-order valence-corrected chi connectivity index (χ4v) is 2.18. The second kappa shape index (κ2) is 6.12. The Bertz CT molecular complexity index is 596. The van der Waals surface area contributed by atoms with Crippen LogP contribution >= 0.6 is 0 Å². The Labute approximate surface area is 126 Å². The van der Waals surface area contributed by atoms with Crippen LogP contribution < -0.4 is 5.32 Å². The molecule has 0 fully saturated rings. The summed E-state index contributed by atoms with van der Waals surface area (Å²) in [6.45, 7) is 8.34. The summed E-state index contributed by atoms with van der Waals surface area (Å²) in [5.74, 6) is -0.0330. The molecule has 1 N–H and O–H groups in total. The van der Waals surface area contributed by atoms with Crippen molar-refractivity contribution in [3.63, 3.8) is 0 Å². The van der Waals surface area contributed by atoms with Crippen molar-refractivity contribution in [3.05, 3.63) is 54.1 Å². The Morgan fingerprint density at radius 3 is 2.71 bits per heavy atom. The molecule has 2 aromatic heterocycles. The van der Waals surface area contributed by atoms with Crippen molar-refractivity contribution in [1.82, 2.24) is 14.9 Å². The lowest BCUT2D eigenvalue weighted by atomic mass is 10.1. The van der Waals surface area contributed by atoms with Crippen molar-refractivity contribution in [2.75, 3.05) is 0 Å². The highest BCUT2D eigenvalue weighted by Crippen LogP contribution is 2.15. The number of carbonyl (C=O) groups is 1. The van der Waals surface area contributed by atoms with Gasteiger partial charge >= 0.3 is 0 Å². The number of hydrogen-bond donors (Lipinski definition) is 1. The van der Waals surface area contributed by atoms with Crippen molar-refractivity contribution in [3.8, 4) is 0 Å². The Kier molecular flexibility index (Phi) is 4.46. The van der Waals surface area contributed by atoms with Gasteiger partial charge in [-0.15, -0.1) is 0 Å². The summed E-state index contributed by atoms with van der Waals surface area (Å²) in [5.41, 5.74) is 1.81. The van der Waals surface area contributed by atoms with E-state index in [1.54, 1.807) is 6.20 Å². The molecule has 0 radical (unpaired) electrons. The third-order valence-electron chi connectivity index (χ3n) is 3.37. The van der Waals surface area contributed by atoms with Gasteiger partial charge in [0, 0.05) is 36.4 Å². The van der Waals surface area contributed by atoms with Crippen molar-refractivity contribution in [1.29, 1.82) is 0 Å². The molecule has 0 aliphatic heterocycles. The largest absolute Gasteiger partial charge is 0.349 e. The van der Waals surface area contributed by atoms with Gasteiger partial charge in [0.05, 0.1) is 5.56 Å². The second-order valence-electron chi connectivity index (χ2n) is 6.42. The Hall–Kier alpha value is -2.10. The molecule has 2 rings (SSSR count). The lowest BCUT2D eigenvalue weighted by molar-refractivity contribution is 0.0940. The van der Waals surface area contributed by atoms with Crippen LogP contribution in [0.2, 0.25) is 0 Å². The minimum Gasteiger partial charge on any atom is -0.349 e. The molecule has 0 aromatic carbocycles. The molecule has 4 heteroatoms. The van der Waals surface area contributed by atoms with E-state index < -0.39 is 0 Å². The van der Waals surface area contributed by atoms with Gasteiger partial charge in [0.2, 0.25) is 0 Å². The average molecular weight is 285 g/mol. The van der Waals surface area contributed by atoms with Crippen molar-refractivity contribution < 1.29 is 4.79 Å². The van der Waals surface area contributed by atoms with Gasteiger partial charge in [0.1, 0.15) is 0 Å². The first-order chi connectivity index (χ1) is 9.86. The summed E-state index contributed by atoms with van der Waals surface area (Å²) in [7, 11) is 0. The molecule has 0 spiro atoms. The van der Waals surface area contributed by atoms with Gasteiger partial charge < -0.3 is 9.88 Å². The summed E-state index contributed by atoms with van der Waals surface area (Å²) < 4.78 is 2.05. The summed E-state index contributed by atoms with van der Waals surface area (Å²) in [4.78, 5) is 16.3. The normalized spacial score (nSPS) is 13.0. The van der Waals surface area contributed by atoms with Crippen LogP contribution in [0, 0.1) is 0 Å². The Morgan fingerprint density at radius 1 is 1.38 bits per heavy atom. The predicted molar refractivity (Wildman–Crippen MR) is 84.3 cm³/mol. The minimum absolute atomic E-state index is 0.0140. The number of pyridine rings is 1. The molecule has 2 heterocycles. The highest BCUT2D eigenvalue weighted by molar-refractivity contribution is 5.94. The van der Waals surface area contributed by atoms with Crippen molar-refractivity contribution >= 4 is 5.91 Å². The van der Waals surface area contributed by atoms with E-state index in [1.165, 1.54) is 0 Å². The van der Waals surface area contributed by atoms with E-state index >= 15 is 0 Å². The first-order valence-electron chi connectivity index (χ1n) is 7.24. The zero-order chi connectivity index (χ0) is 15.5. The van der Waals surface area contributed by atoms with E-state index in [1.807, 2.05) is 48.3 Å². The number of carbonyl (C=O) groups excluding carboxylic acids is 1. The molecule has 1 atom stereocenters. The molecular weight excluding hydrogens is 262 g/mol. The third-order valence-corrected chi connectivity index (χ3v) is 3.37. The summed E-state index contributed by atoms with van der Waals surface area (Å²) in [6.07, 6.45) is 8.20. The van der Waals surface area contributed by atoms with Gasteiger partial charge in [-0.25, -0.2) is 0 Å². The monoisotopic (exact) mass is 285 g/mol. The maximum absolute atomic E-state index is 12.2. The molecule has 4 nitrogen and oxygen atoms in total. The molecule has 0 unspecified atom stereocenters. The first-order valence-corrected chi connectivity index (χ1v) is 7.24. The molecule has 0 saturated carbocycles. The predicted octanol–water partition coefficient (Wildman–Crippen LogP) is 3.00. The summed E-state index contributed by atoms with van der Waals surface area (Å²) in [6, 6.07) is 5.86. The minimum atomic E-state index is -0.0330. The molecule has 0 bridgehead atoms. The first kappa shape index (κ1) is 15.3. The fourth-order valence-electron chi connectivity index (χ4n) is 2.18. The Morgan fingerprint density at radius 2 is 2.14 bits per heavy atom. The van der Waals surface area contributed by atoms with E-state index in [4.69, 9.17) is 0 Å². The maximum atomic E-state index is 12.2. The number of nitrogens with one attached hydrogen (secondary N) is 1. The fraction of sp³-hybridized carbons (Fsp3) is 0.412. The van der Waals surface area contributed by atoms with Crippen LogP contribution in [0.3, 0.4) is 0 Å². The van der Waals surface area contributed by atoms with Crippen LogP contribution in [0.4, 0.5) is 0 Å². The standard InChI is InChI=1S/C17H23N3O/c1-13(10-14-6-5-8-18-11-14)19-16(21)15-7-9-20(12-15)17(2,3)4/h5-9,11-13H,10H2,1-4H3,(H,19,21)/t13-/m0/s1. The molecule has 21 heavy (non-hydrogen) atoms. The highest BCUT2D eigenvalue weighted by atomic mass is 16.1. The van der Waals surface area contributed by atoms with Crippen LogP contribution in [-0.4, -0.2) is 21.5 Å². The zero-order valence-electron chi connectivity index (χ0n) is 13.1. The van der Waals surface area contributed by atoms with Crippen molar-refractivity contribution in [2.45, 2.75) is 45.7 Å². The van der Waals surface area contributed by atoms with Crippen molar-refractivity contribution in [2.24, 2.45) is 0 Å². The number of amides is 1. The number of rotatable bonds is 4. The average Bonchev–Trinajstić information content (AvgIpc) is 2.89. The SMILES string of the molecule is C[C@@H](Cc1cccnc1)NC(=O)c1ccn(C(C)(C)C)c1. The van der Waals surface area contributed by atoms with Gasteiger partial charge in [-0.1, -0.05) is 6.07 Å². The lowest BCUT2D eigenvalue weighted by Gasteiger charge is -2.20. The van der Waals surface area contributed by atoms with E-state index in [-0.39, 0.29) is 17.5 Å². The topological polar surface area (TPSA) is 46.9 Å². The van der Waals surface area contributed by atoms with Crippen LogP contribution in [0.15, 0.2) is 43.0 Å². The number of hydrogen-bond acceptors (Lipinski definition) is 2. The van der Waals surface area contributed by atoms with E-state index in [2.05, 4.69) is 31.1 Å². The van der Waals surface area contributed by atoms with Gasteiger partial charge in [-0.3, -0.25) is 9.78 Å². The van der Waals surface area contributed by atoms with Crippen LogP contribution in [0.1, 0.15) is 43.6 Å². The summed E-state index contributed by atoms with van der Waals surface area (Å²) in [5, 5.41) is 3.03. The van der Waals surface area contributed by atoms with E-state index in [9.17, 15) is 4.79 Å². The van der Waals surface area contributed by atoms with Crippen LogP contribution in [0.25, 0.3) is 0 Å². The molecular formula is C17H23N3O. The number of nitrogens with zero attached hydrogens (tertiary/aromatic N) is 2. The van der Waals surface area contributed by atoms with E-state index in [0.29, 0.717) is 5.56 Å². The molecule has 112 valence electrons. The maximum Gasteiger partial charge on any atom is 0.253 e. The lowest BCUT2D eigenvalue weighted by Crippen LogP contribution is -2.34. The molecule has 1 amide bonds. The molecule has 2 aromatic rings. The summed E-state index contributed by atoms with van der Waals surface area (Å²) >= 11 is 0. The van der Waals surface area contributed by atoms with Gasteiger partial charge in [-0.2, -0.15) is 0 Å². The van der Waals surface area contributed by atoms with Crippen LogP contribution in [-0.2, 0) is 12.0 Å². The third kappa shape index (κ3) is 4.18. The van der Waals surface area contributed by atoms with Gasteiger partial charge in [0.15, 0.2) is 0 Å². The van der Waals surface area contributed by atoms with Crippen LogP contribution in [0.5, 0.6) is 0 Å². The quantitative estimate of drug-likeness (QED) is 0.938. The second-order valence-corrected chi connectivity index (χ2v) is 6.42. The molecule has 0 saturated heterocycles. The smallest absolute Gasteiger partial charge is 0.253 e. The molecule has 0 aliphatic rings.